The lowest BCUT2D eigenvalue weighted by Crippen LogP contribution is -2.48. The molecule has 5 nitrogen and oxygen atoms in total. The molecule has 0 radical (unpaired) electrons. The van der Waals surface area contributed by atoms with Crippen molar-refractivity contribution in [3.8, 4) is 0 Å². The zero-order valence-electron chi connectivity index (χ0n) is 18.0. The molecule has 1 atom stereocenters. The van der Waals surface area contributed by atoms with E-state index < -0.39 is 6.04 Å². The van der Waals surface area contributed by atoms with Gasteiger partial charge in [-0.2, -0.15) is 0 Å². The van der Waals surface area contributed by atoms with Crippen LogP contribution >= 0.6 is 0 Å². The van der Waals surface area contributed by atoms with E-state index in [2.05, 4.69) is 39.8 Å². The van der Waals surface area contributed by atoms with Crippen molar-refractivity contribution in [2.75, 3.05) is 13.1 Å². The van der Waals surface area contributed by atoms with Gasteiger partial charge >= 0.3 is 0 Å². The summed E-state index contributed by atoms with van der Waals surface area (Å²) in [6.07, 6.45) is 2.24. The molecule has 1 aliphatic rings. The number of piperidine rings is 1. The first-order chi connectivity index (χ1) is 14.5. The number of hydrogen-bond donors (Lipinski definition) is 2. The van der Waals surface area contributed by atoms with Crippen molar-refractivity contribution >= 4 is 11.8 Å². The molecular formula is C25H33N3O2. The number of carbonyl (C=O) groups is 2. The van der Waals surface area contributed by atoms with Gasteiger partial charge in [-0.05, 0) is 29.9 Å². The Kier molecular flexibility index (Phi) is 8.03. The van der Waals surface area contributed by atoms with E-state index >= 15 is 0 Å². The van der Waals surface area contributed by atoms with Gasteiger partial charge in [0.2, 0.25) is 11.8 Å². The Hall–Kier alpha value is -2.66. The van der Waals surface area contributed by atoms with Crippen LogP contribution in [0.2, 0.25) is 0 Å². The van der Waals surface area contributed by atoms with Crippen molar-refractivity contribution in [1.29, 1.82) is 0 Å². The molecule has 1 unspecified atom stereocenters. The van der Waals surface area contributed by atoms with Gasteiger partial charge in [-0.15, -0.1) is 0 Å². The molecule has 1 aliphatic heterocycles. The zero-order chi connectivity index (χ0) is 21.3. The molecule has 2 aromatic carbocycles. The van der Waals surface area contributed by atoms with Gasteiger partial charge < -0.3 is 10.6 Å². The number of benzene rings is 2. The fraction of sp³-hybridized carbons (Fsp3) is 0.440. The van der Waals surface area contributed by atoms with Crippen LogP contribution in [-0.4, -0.2) is 35.8 Å². The molecule has 1 heterocycles. The van der Waals surface area contributed by atoms with Crippen LogP contribution in [0.3, 0.4) is 0 Å². The Morgan fingerprint density at radius 1 is 0.967 bits per heavy atom. The molecule has 1 saturated heterocycles. The van der Waals surface area contributed by atoms with E-state index in [1.54, 1.807) is 0 Å². The Morgan fingerprint density at radius 2 is 1.57 bits per heavy atom. The topological polar surface area (TPSA) is 61.4 Å². The van der Waals surface area contributed by atoms with Crippen LogP contribution in [0, 0.1) is 5.92 Å². The monoisotopic (exact) mass is 407 g/mol. The van der Waals surface area contributed by atoms with E-state index in [0.29, 0.717) is 6.42 Å². The molecule has 2 amide bonds. The Labute approximate surface area is 179 Å². The summed E-state index contributed by atoms with van der Waals surface area (Å²) in [5, 5.41) is 6.11. The van der Waals surface area contributed by atoms with E-state index in [-0.39, 0.29) is 23.8 Å². The first-order valence-electron chi connectivity index (χ1n) is 10.9. The minimum atomic E-state index is -0.653. The predicted octanol–water partition coefficient (Wildman–Crippen LogP) is 3.67. The van der Waals surface area contributed by atoms with Gasteiger partial charge in [-0.3, -0.25) is 14.5 Å². The molecule has 1 fully saturated rings. The lowest BCUT2D eigenvalue weighted by molar-refractivity contribution is -0.130. The van der Waals surface area contributed by atoms with E-state index in [9.17, 15) is 9.59 Å². The number of rotatable bonds is 8. The number of nitrogens with one attached hydrogen (secondary N) is 2. The molecule has 0 bridgehead atoms. The third-order valence-electron chi connectivity index (χ3n) is 5.48. The van der Waals surface area contributed by atoms with Crippen molar-refractivity contribution in [2.24, 2.45) is 5.92 Å². The van der Waals surface area contributed by atoms with Crippen molar-refractivity contribution in [2.45, 2.75) is 51.7 Å². The Morgan fingerprint density at radius 3 is 2.17 bits per heavy atom. The van der Waals surface area contributed by atoms with Gasteiger partial charge in [0, 0.05) is 32.1 Å². The summed E-state index contributed by atoms with van der Waals surface area (Å²) >= 11 is 0. The molecular weight excluding hydrogens is 374 g/mol. The lowest BCUT2D eigenvalue weighted by Gasteiger charge is -2.33. The quantitative estimate of drug-likeness (QED) is 0.702. The van der Waals surface area contributed by atoms with Crippen molar-refractivity contribution in [3.63, 3.8) is 0 Å². The molecule has 0 saturated carbocycles. The van der Waals surface area contributed by atoms with E-state index in [4.69, 9.17) is 0 Å². The first-order valence-corrected chi connectivity index (χ1v) is 10.9. The minimum Gasteiger partial charge on any atom is -0.351 e. The molecule has 30 heavy (non-hydrogen) atoms. The summed E-state index contributed by atoms with van der Waals surface area (Å²) in [7, 11) is 0. The normalized spacial score (nSPS) is 16.2. The van der Waals surface area contributed by atoms with Crippen LogP contribution in [0.25, 0.3) is 0 Å². The third kappa shape index (κ3) is 6.70. The van der Waals surface area contributed by atoms with E-state index in [0.717, 1.165) is 38.0 Å². The number of carbonyl (C=O) groups excluding carboxylic acids is 2. The van der Waals surface area contributed by atoms with Crippen molar-refractivity contribution < 1.29 is 9.59 Å². The fourth-order valence-corrected chi connectivity index (χ4v) is 3.90. The van der Waals surface area contributed by atoms with E-state index in [1.165, 1.54) is 5.56 Å². The average Bonchev–Trinajstić information content (AvgIpc) is 2.74. The summed E-state index contributed by atoms with van der Waals surface area (Å²) in [6.45, 7) is 6.85. The number of amides is 2. The lowest BCUT2D eigenvalue weighted by atomic mass is 10.0. The number of likely N-dealkylation sites (tertiary alicyclic amines) is 1. The first kappa shape index (κ1) is 22.0. The molecule has 160 valence electrons. The molecule has 2 aromatic rings. The van der Waals surface area contributed by atoms with Crippen LogP contribution < -0.4 is 10.6 Å². The average molecular weight is 408 g/mol. The maximum absolute atomic E-state index is 13.1. The van der Waals surface area contributed by atoms with Crippen LogP contribution in [0.5, 0.6) is 0 Å². The number of nitrogens with zero attached hydrogens (tertiary/aromatic N) is 1. The molecule has 0 aromatic heterocycles. The van der Waals surface area contributed by atoms with Crippen LogP contribution in [0.4, 0.5) is 0 Å². The van der Waals surface area contributed by atoms with Gasteiger partial charge in [0.1, 0.15) is 6.04 Å². The fourth-order valence-electron chi connectivity index (χ4n) is 3.90. The zero-order valence-corrected chi connectivity index (χ0v) is 18.0. The molecule has 5 heteroatoms. The summed E-state index contributed by atoms with van der Waals surface area (Å²) in [5.41, 5.74) is 2.13. The summed E-state index contributed by atoms with van der Waals surface area (Å²) in [4.78, 5) is 27.8. The van der Waals surface area contributed by atoms with Gasteiger partial charge in [-0.25, -0.2) is 0 Å². The second kappa shape index (κ2) is 10.9. The predicted molar refractivity (Wildman–Crippen MR) is 120 cm³/mol. The van der Waals surface area contributed by atoms with Gasteiger partial charge in [0.05, 0.1) is 0 Å². The maximum atomic E-state index is 13.1. The highest BCUT2D eigenvalue weighted by Gasteiger charge is 2.27. The SMILES string of the molecule is CC(C)CC(=O)NC(C(=O)NC1CCN(Cc2ccccc2)CC1)c1ccccc1. The minimum absolute atomic E-state index is 0.0910. The van der Waals surface area contributed by atoms with Gasteiger partial charge in [-0.1, -0.05) is 74.5 Å². The van der Waals surface area contributed by atoms with Crippen LogP contribution in [0.1, 0.15) is 50.3 Å². The summed E-state index contributed by atoms with van der Waals surface area (Å²) in [5.74, 6) is 0.0323. The second-order valence-electron chi connectivity index (χ2n) is 8.55. The number of hydrogen-bond acceptors (Lipinski definition) is 3. The Bertz CT molecular complexity index is 800. The molecule has 0 aliphatic carbocycles. The molecule has 3 rings (SSSR count). The highest BCUT2D eigenvalue weighted by atomic mass is 16.2. The standard InChI is InChI=1S/C25H33N3O2/c1-19(2)17-23(29)27-24(21-11-7-4-8-12-21)25(30)26-22-13-15-28(16-14-22)18-20-9-5-3-6-10-20/h3-12,19,22,24H,13-18H2,1-2H3,(H,26,30)(H,27,29). The highest BCUT2D eigenvalue weighted by molar-refractivity contribution is 5.88. The largest absolute Gasteiger partial charge is 0.351 e. The summed E-state index contributed by atoms with van der Waals surface area (Å²) in [6, 6.07) is 19.4. The summed E-state index contributed by atoms with van der Waals surface area (Å²) < 4.78 is 0. The smallest absolute Gasteiger partial charge is 0.247 e. The Balaban J connectivity index is 1.56. The van der Waals surface area contributed by atoms with E-state index in [1.807, 2.05) is 50.2 Å². The highest BCUT2D eigenvalue weighted by Crippen LogP contribution is 2.18. The van der Waals surface area contributed by atoms with Crippen LogP contribution in [0.15, 0.2) is 60.7 Å². The third-order valence-corrected chi connectivity index (χ3v) is 5.48. The van der Waals surface area contributed by atoms with Crippen molar-refractivity contribution in [3.05, 3.63) is 71.8 Å². The van der Waals surface area contributed by atoms with Crippen LogP contribution in [-0.2, 0) is 16.1 Å². The van der Waals surface area contributed by atoms with Gasteiger partial charge in [0.25, 0.3) is 0 Å². The molecule has 2 N–H and O–H groups in total. The van der Waals surface area contributed by atoms with Gasteiger partial charge in [0.15, 0.2) is 0 Å². The maximum Gasteiger partial charge on any atom is 0.247 e. The molecule has 0 spiro atoms. The van der Waals surface area contributed by atoms with Crippen molar-refractivity contribution in [1.82, 2.24) is 15.5 Å². The second-order valence-corrected chi connectivity index (χ2v) is 8.55.